The Hall–Kier alpha value is -1.07. The Labute approximate surface area is 119 Å². The first-order valence-corrected chi connectivity index (χ1v) is 7.87. The summed E-state index contributed by atoms with van der Waals surface area (Å²) in [6.07, 6.45) is 2.11. The van der Waals surface area contributed by atoms with Crippen molar-refractivity contribution in [3.05, 3.63) is 17.3 Å². The van der Waals surface area contributed by atoms with Crippen molar-refractivity contribution < 1.29 is 0 Å². The van der Waals surface area contributed by atoms with Crippen molar-refractivity contribution in [1.82, 2.24) is 14.7 Å². The van der Waals surface area contributed by atoms with E-state index in [9.17, 15) is 0 Å². The molecule has 0 aromatic carbocycles. The third-order valence-corrected chi connectivity index (χ3v) is 4.01. The van der Waals surface area contributed by atoms with E-state index in [0.717, 1.165) is 23.9 Å². The lowest BCUT2D eigenvalue weighted by molar-refractivity contribution is 0.576. The molecule has 19 heavy (non-hydrogen) atoms. The van der Waals surface area contributed by atoms with Gasteiger partial charge in [-0.25, -0.2) is 4.98 Å². The molecule has 0 amide bonds. The standard InChI is InChI=1S/C14H24N4S/c1-6-17(11(4)5)13-12(9-15-10(2)3)18-7-8-19-14(18)16-13/h7-8,10-11,15H,6,9H2,1-5H3. The summed E-state index contributed by atoms with van der Waals surface area (Å²) in [7, 11) is 0. The van der Waals surface area contributed by atoms with Crippen LogP contribution in [0.25, 0.3) is 4.96 Å². The molecule has 0 aliphatic rings. The maximum atomic E-state index is 4.81. The SMILES string of the molecule is CCN(c1nc2sccn2c1CNC(C)C)C(C)C. The van der Waals surface area contributed by atoms with Crippen molar-refractivity contribution in [2.45, 2.75) is 53.2 Å². The van der Waals surface area contributed by atoms with Crippen molar-refractivity contribution in [3.63, 3.8) is 0 Å². The highest BCUT2D eigenvalue weighted by atomic mass is 32.1. The van der Waals surface area contributed by atoms with Gasteiger partial charge in [0.25, 0.3) is 0 Å². The van der Waals surface area contributed by atoms with E-state index in [-0.39, 0.29) is 0 Å². The molecule has 0 bridgehead atoms. The Balaban J connectivity index is 2.40. The van der Waals surface area contributed by atoms with Gasteiger partial charge in [-0.2, -0.15) is 0 Å². The highest BCUT2D eigenvalue weighted by molar-refractivity contribution is 7.15. The molecule has 5 heteroatoms. The molecule has 0 aliphatic carbocycles. The van der Waals surface area contributed by atoms with Crippen LogP contribution in [-0.2, 0) is 6.54 Å². The third-order valence-electron chi connectivity index (χ3n) is 3.25. The van der Waals surface area contributed by atoms with Crippen LogP contribution in [0, 0.1) is 0 Å². The second kappa shape index (κ2) is 5.92. The number of thiazole rings is 1. The minimum atomic E-state index is 0.465. The quantitative estimate of drug-likeness (QED) is 0.882. The molecule has 2 rings (SSSR count). The normalized spacial score (nSPS) is 11.9. The molecule has 1 N–H and O–H groups in total. The maximum absolute atomic E-state index is 4.81. The van der Waals surface area contributed by atoms with Crippen molar-refractivity contribution in [1.29, 1.82) is 0 Å². The fourth-order valence-electron chi connectivity index (χ4n) is 2.28. The molecule has 2 aromatic rings. The number of hydrogen-bond acceptors (Lipinski definition) is 4. The molecular formula is C14H24N4S. The fourth-order valence-corrected chi connectivity index (χ4v) is 3.00. The third kappa shape index (κ3) is 2.92. The zero-order chi connectivity index (χ0) is 14.0. The van der Waals surface area contributed by atoms with E-state index < -0.39 is 0 Å². The highest BCUT2D eigenvalue weighted by Crippen LogP contribution is 2.26. The van der Waals surface area contributed by atoms with Crippen LogP contribution in [0.15, 0.2) is 11.6 Å². The average molecular weight is 280 g/mol. The molecule has 2 aromatic heterocycles. The fraction of sp³-hybridized carbons (Fsp3) is 0.643. The van der Waals surface area contributed by atoms with E-state index in [1.165, 1.54) is 5.69 Å². The monoisotopic (exact) mass is 280 g/mol. The van der Waals surface area contributed by atoms with Crippen LogP contribution in [0.1, 0.15) is 40.3 Å². The van der Waals surface area contributed by atoms with Gasteiger partial charge in [0.1, 0.15) is 0 Å². The van der Waals surface area contributed by atoms with Crippen molar-refractivity contribution in [2.24, 2.45) is 0 Å². The lowest BCUT2D eigenvalue weighted by Crippen LogP contribution is -2.32. The molecule has 0 saturated carbocycles. The number of imidazole rings is 1. The predicted molar refractivity (Wildman–Crippen MR) is 83.2 cm³/mol. The number of aromatic nitrogens is 2. The number of rotatable bonds is 6. The molecule has 106 valence electrons. The Morgan fingerprint density at radius 1 is 1.37 bits per heavy atom. The van der Waals surface area contributed by atoms with Crippen LogP contribution < -0.4 is 10.2 Å². The Morgan fingerprint density at radius 3 is 2.68 bits per heavy atom. The van der Waals surface area contributed by atoms with Gasteiger partial charge in [-0.3, -0.25) is 4.40 Å². The van der Waals surface area contributed by atoms with E-state index in [4.69, 9.17) is 4.98 Å². The molecule has 0 aliphatic heterocycles. The summed E-state index contributed by atoms with van der Waals surface area (Å²) in [5.41, 5.74) is 1.26. The van der Waals surface area contributed by atoms with Crippen LogP contribution in [0.3, 0.4) is 0 Å². The number of nitrogens with zero attached hydrogens (tertiary/aromatic N) is 3. The van der Waals surface area contributed by atoms with Crippen LogP contribution in [0.5, 0.6) is 0 Å². The molecule has 2 heterocycles. The molecule has 4 nitrogen and oxygen atoms in total. The number of nitrogens with one attached hydrogen (secondary N) is 1. The zero-order valence-corrected chi connectivity index (χ0v) is 13.3. The Kier molecular flexibility index (Phi) is 4.47. The minimum absolute atomic E-state index is 0.465. The molecular weight excluding hydrogens is 256 g/mol. The Bertz CT molecular complexity index is 527. The van der Waals surface area contributed by atoms with Gasteiger partial charge in [-0.1, -0.05) is 13.8 Å². The lowest BCUT2D eigenvalue weighted by atomic mass is 10.2. The van der Waals surface area contributed by atoms with E-state index in [1.807, 2.05) is 0 Å². The summed E-state index contributed by atoms with van der Waals surface area (Å²) >= 11 is 1.69. The second-order valence-electron chi connectivity index (χ2n) is 5.35. The van der Waals surface area contributed by atoms with Gasteiger partial charge in [-0.15, -0.1) is 11.3 Å². The van der Waals surface area contributed by atoms with Crippen LogP contribution in [0.4, 0.5) is 5.82 Å². The summed E-state index contributed by atoms with van der Waals surface area (Å²) in [6.45, 7) is 12.8. The number of fused-ring (bicyclic) bond motifs is 1. The van der Waals surface area contributed by atoms with E-state index >= 15 is 0 Å². The van der Waals surface area contributed by atoms with Gasteiger partial charge in [0.05, 0.1) is 5.69 Å². The zero-order valence-electron chi connectivity index (χ0n) is 12.5. The highest BCUT2D eigenvalue weighted by Gasteiger charge is 2.19. The molecule has 0 fully saturated rings. The molecule has 0 spiro atoms. The predicted octanol–water partition coefficient (Wildman–Crippen LogP) is 3.13. The van der Waals surface area contributed by atoms with Crippen LogP contribution in [-0.4, -0.2) is 28.0 Å². The first-order valence-electron chi connectivity index (χ1n) is 6.99. The summed E-state index contributed by atoms with van der Waals surface area (Å²) in [6, 6.07) is 0.943. The molecule has 0 unspecified atom stereocenters. The smallest absolute Gasteiger partial charge is 0.195 e. The first-order chi connectivity index (χ1) is 9.04. The van der Waals surface area contributed by atoms with Gasteiger partial charge < -0.3 is 10.2 Å². The van der Waals surface area contributed by atoms with Crippen LogP contribution >= 0.6 is 11.3 Å². The number of anilines is 1. The largest absolute Gasteiger partial charge is 0.353 e. The molecule has 0 radical (unpaired) electrons. The van der Waals surface area contributed by atoms with Gasteiger partial charge in [-0.05, 0) is 20.8 Å². The van der Waals surface area contributed by atoms with Gasteiger partial charge in [0.15, 0.2) is 10.8 Å². The first kappa shape index (κ1) is 14.3. The maximum Gasteiger partial charge on any atom is 0.195 e. The number of hydrogen-bond donors (Lipinski definition) is 1. The van der Waals surface area contributed by atoms with Gasteiger partial charge >= 0.3 is 0 Å². The van der Waals surface area contributed by atoms with E-state index in [1.54, 1.807) is 11.3 Å². The average Bonchev–Trinajstić information content (AvgIpc) is 2.88. The molecule has 0 saturated heterocycles. The summed E-state index contributed by atoms with van der Waals surface area (Å²) in [4.78, 5) is 8.25. The van der Waals surface area contributed by atoms with Gasteiger partial charge in [0.2, 0.25) is 0 Å². The van der Waals surface area contributed by atoms with Crippen molar-refractivity contribution >= 4 is 22.1 Å². The molecule has 0 atom stereocenters. The van der Waals surface area contributed by atoms with Crippen molar-refractivity contribution in [3.8, 4) is 0 Å². The second-order valence-corrected chi connectivity index (χ2v) is 6.23. The topological polar surface area (TPSA) is 32.6 Å². The van der Waals surface area contributed by atoms with Crippen LogP contribution in [0.2, 0.25) is 0 Å². The van der Waals surface area contributed by atoms with Gasteiger partial charge in [0, 0.05) is 36.8 Å². The Morgan fingerprint density at radius 2 is 2.11 bits per heavy atom. The summed E-state index contributed by atoms with van der Waals surface area (Å²) in [5.74, 6) is 1.12. The summed E-state index contributed by atoms with van der Waals surface area (Å²) < 4.78 is 2.21. The summed E-state index contributed by atoms with van der Waals surface area (Å²) in [5, 5.41) is 5.60. The van der Waals surface area contributed by atoms with E-state index in [2.05, 4.69) is 60.8 Å². The van der Waals surface area contributed by atoms with Crippen molar-refractivity contribution in [2.75, 3.05) is 11.4 Å². The lowest BCUT2D eigenvalue weighted by Gasteiger charge is -2.26. The minimum Gasteiger partial charge on any atom is -0.353 e. The van der Waals surface area contributed by atoms with E-state index in [0.29, 0.717) is 12.1 Å².